The molecule has 6 heterocycles. The zero-order valence-electron chi connectivity index (χ0n) is 53.5. The maximum atomic E-state index is 7.21. The van der Waals surface area contributed by atoms with Crippen molar-refractivity contribution in [2.24, 2.45) is 0 Å². The largest absolute Gasteiger partial charge is 0.458 e. The summed E-state index contributed by atoms with van der Waals surface area (Å²) in [6, 6.07) is 82.3. The van der Waals surface area contributed by atoms with Gasteiger partial charge < -0.3 is 28.4 Å². The van der Waals surface area contributed by atoms with Crippen LogP contribution in [0.4, 0.5) is 34.1 Å². The van der Waals surface area contributed by atoms with Crippen LogP contribution in [-0.2, 0) is 21.7 Å². The summed E-state index contributed by atoms with van der Waals surface area (Å²) in [6.07, 6.45) is 0. The number of anilines is 6. The number of nitrogens with zero attached hydrogens (tertiary/aromatic N) is 4. The third kappa shape index (κ3) is 8.11. The average Bonchev–Trinajstić information content (AvgIpc) is 1.48. The van der Waals surface area contributed by atoms with E-state index in [9.17, 15) is 0 Å². The number of para-hydroxylation sites is 2. The van der Waals surface area contributed by atoms with Gasteiger partial charge in [-0.2, -0.15) is 0 Å². The second kappa shape index (κ2) is 18.9. The highest BCUT2D eigenvalue weighted by Gasteiger charge is 2.43. The van der Waals surface area contributed by atoms with E-state index < -0.39 is 0 Å². The molecule has 0 spiro atoms. The third-order valence-electron chi connectivity index (χ3n) is 20.1. The van der Waals surface area contributed by atoms with E-state index >= 15 is 0 Å². The van der Waals surface area contributed by atoms with Crippen LogP contribution in [0.5, 0.6) is 23.0 Å². The summed E-state index contributed by atoms with van der Waals surface area (Å²) in [5.41, 5.74) is 26.4. The first-order valence-corrected chi connectivity index (χ1v) is 32.1. The van der Waals surface area contributed by atoms with E-state index in [1.165, 1.54) is 98.6 Å². The molecule has 17 rings (SSSR count). The van der Waals surface area contributed by atoms with E-state index in [1.807, 2.05) is 0 Å². The average molecular weight is 1170 g/mol. The summed E-state index contributed by atoms with van der Waals surface area (Å²) in [5, 5.41) is 4.98. The van der Waals surface area contributed by atoms with Crippen molar-refractivity contribution in [1.82, 2.24) is 9.13 Å². The Bertz CT molecular complexity index is 4730. The molecule has 0 unspecified atom stereocenters. The van der Waals surface area contributed by atoms with E-state index in [0.29, 0.717) is 0 Å². The molecule has 13 aromatic rings. The van der Waals surface area contributed by atoms with E-state index in [1.54, 1.807) is 0 Å². The maximum absolute atomic E-state index is 7.21. The van der Waals surface area contributed by atoms with E-state index in [-0.39, 0.29) is 35.1 Å². The fourth-order valence-corrected chi connectivity index (χ4v) is 15.4. The lowest BCUT2D eigenvalue weighted by atomic mass is 9.34. The molecule has 0 fully saturated rings. The number of ether oxygens (including phenoxy) is 2. The molecule has 4 aliphatic heterocycles. The molecule has 2 aromatic heterocycles. The van der Waals surface area contributed by atoms with Gasteiger partial charge in [-0.05, 0) is 174 Å². The molecule has 0 aliphatic carbocycles. The molecule has 4 aliphatic rings. The zero-order chi connectivity index (χ0) is 61.7. The van der Waals surface area contributed by atoms with E-state index in [4.69, 9.17) is 9.47 Å². The summed E-state index contributed by atoms with van der Waals surface area (Å²) in [4.78, 5) is 4.75. The second-order valence-electron chi connectivity index (χ2n) is 29.8. The minimum atomic E-state index is -0.0351. The third-order valence-corrected chi connectivity index (χ3v) is 20.1. The van der Waals surface area contributed by atoms with E-state index in [2.05, 4.69) is 320 Å². The molecule has 8 heteroatoms. The lowest BCUT2D eigenvalue weighted by molar-refractivity contribution is 0.487. The first kappa shape index (κ1) is 54.5. The lowest BCUT2D eigenvalue weighted by Crippen LogP contribution is -2.58. The topological polar surface area (TPSA) is 34.8 Å². The smallest absolute Gasteiger partial charge is 0.256 e. The van der Waals surface area contributed by atoms with Crippen molar-refractivity contribution in [1.29, 1.82) is 0 Å². The van der Waals surface area contributed by atoms with Gasteiger partial charge in [0.2, 0.25) is 0 Å². The molecule has 90 heavy (non-hydrogen) atoms. The summed E-state index contributed by atoms with van der Waals surface area (Å²) >= 11 is 0. The molecule has 438 valence electrons. The highest BCUT2D eigenvalue weighted by atomic mass is 16.5. The predicted molar refractivity (Wildman–Crippen MR) is 382 cm³/mol. The molecule has 6 nitrogen and oxygen atoms in total. The van der Waals surface area contributed by atoms with Crippen LogP contribution in [0.1, 0.15) is 105 Å². The Kier molecular flexibility index (Phi) is 11.5. The first-order valence-electron chi connectivity index (χ1n) is 32.1. The summed E-state index contributed by atoms with van der Waals surface area (Å²) in [7, 11) is 0. The van der Waals surface area contributed by atoms with Crippen molar-refractivity contribution in [3.63, 3.8) is 0 Å². The van der Waals surface area contributed by atoms with Gasteiger partial charge in [-0.1, -0.05) is 192 Å². The maximum Gasteiger partial charge on any atom is 0.256 e. The van der Waals surface area contributed by atoms with Gasteiger partial charge in [-0.15, -0.1) is 0 Å². The van der Waals surface area contributed by atoms with Crippen molar-refractivity contribution < 1.29 is 9.47 Å². The van der Waals surface area contributed by atoms with Gasteiger partial charge >= 0.3 is 0 Å². The number of rotatable bonds is 6. The van der Waals surface area contributed by atoms with Crippen LogP contribution in [0, 0.1) is 0 Å². The fraction of sp³-hybridized carbons (Fsp3) is 0.195. The minimum absolute atomic E-state index is 0.0351. The zero-order valence-corrected chi connectivity index (χ0v) is 53.5. The Morgan fingerprint density at radius 2 is 0.611 bits per heavy atom. The standard InChI is InChI=1S/C82H72B2N4O2/c1-79(2,3)49-25-33-53(34-26-49)85(54-35-27-50(28-36-54)80(4,5)6)57-41-43-63-73(45-57)89-71-23-15-21-67-75(71)83(63)65-19-13-17-59-61-47-62-60-18-14-20-66-78(60)88(70(62)48-69(61)87(67)77(59)65)68-22-16-24-72-76(68)84(66)64-44-42-58(46-74(64)90-72)86(55-37-29-51(30-38-55)81(7,8)9)56-39-31-52(32-40-56)82(10,11)12/h13-48H,1-12H3. The molecule has 0 saturated carbocycles. The SMILES string of the molecule is CC(C)(C)c1ccc(N(c2ccc(C(C)(C)C)cc2)c2ccc3c(c2)Oc2cccc4c2B3c2cccc3c5cc6c7cccc8c7n(c6cc5n-4c23)-c2cccc3c2B8c2ccc(N(c4ccc(C(C)(C)C)cc4)c4ccc(C(C)(C)C)cc4)cc2O3)cc1. The van der Waals surface area contributed by atoms with Crippen molar-refractivity contribution in [2.75, 3.05) is 9.80 Å². The number of hydrogen-bond donors (Lipinski definition) is 0. The summed E-state index contributed by atoms with van der Waals surface area (Å²) in [5.74, 6) is 3.54. The van der Waals surface area contributed by atoms with Gasteiger partial charge in [0, 0.05) is 90.2 Å². The number of benzene rings is 11. The molecule has 0 amide bonds. The number of fused-ring (bicyclic) bond motifs is 14. The molecule has 0 saturated heterocycles. The molecule has 0 atom stereocenters. The fourth-order valence-electron chi connectivity index (χ4n) is 15.4. The van der Waals surface area contributed by atoms with Gasteiger partial charge in [-0.3, -0.25) is 0 Å². The normalized spacial score (nSPS) is 13.7. The van der Waals surface area contributed by atoms with Gasteiger partial charge in [0.15, 0.2) is 0 Å². The number of hydrogen-bond acceptors (Lipinski definition) is 4. The Hall–Kier alpha value is -9.65. The minimum Gasteiger partial charge on any atom is -0.458 e. The van der Waals surface area contributed by atoms with Crippen LogP contribution < -0.4 is 52.1 Å². The Balaban J connectivity index is 0.794. The molecule has 0 radical (unpaired) electrons. The van der Waals surface area contributed by atoms with Crippen LogP contribution in [0.15, 0.2) is 218 Å². The van der Waals surface area contributed by atoms with Gasteiger partial charge in [0.1, 0.15) is 23.0 Å². The van der Waals surface area contributed by atoms with Crippen molar-refractivity contribution in [3.05, 3.63) is 241 Å². The van der Waals surface area contributed by atoms with Crippen LogP contribution in [0.25, 0.3) is 55.0 Å². The van der Waals surface area contributed by atoms with Crippen molar-refractivity contribution in [3.8, 4) is 34.4 Å². The van der Waals surface area contributed by atoms with Crippen LogP contribution in [-0.4, -0.2) is 22.6 Å². The lowest BCUT2D eigenvalue weighted by Gasteiger charge is -2.34. The van der Waals surface area contributed by atoms with Crippen LogP contribution >= 0.6 is 0 Å². The highest BCUT2D eigenvalue weighted by molar-refractivity contribution is 7.00. The van der Waals surface area contributed by atoms with Gasteiger partial charge in [-0.25, -0.2) is 0 Å². The monoisotopic (exact) mass is 1170 g/mol. The molecular formula is C82H72B2N4O2. The highest BCUT2D eigenvalue weighted by Crippen LogP contribution is 2.46. The molecule has 0 bridgehead atoms. The second-order valence-corrected chi connectivity index (χ2v) is 29.8. The summed E-state index contributed by atoms with van der Waals surface area (Å²) < 4.78 is 19.5. The Morgan fingerprint density at radius 1 is 0.289 bits per heavy atom. The van der Waals surface area contributed by atoms with Gasteiger partial charge in [0.25, 0.3) is 13.4 Å². The first-order chi connectivity index (χ1) is 43.2. The van der Waals surface area contributed by atoms with Crippen molar-refractivity contribution in [2.45, 2.75) is 105 Å². The number of aromatic nitrogens is 2. The van der Waals surface area contributed by atoms with Gasteiger partial charge in [0.05, 0.1) is 11.0 Å². The summed E-state index contributed by atoms with van der Waals surface area (Å²) in [6.45, 7) is 27.2. The molecular weight excluding hydrogens is 1090 g/mol. The Morgan fingerprint density at radius 3 is 0.944 bits per heavy atom. The Labute approximate surface area is 529 Å². The molecule has 0 N–H and O–H groups in total. The predicted octanol–water partition coefficient (Wildman–Crippen LogP) is 17.9. The van der Waals surface area contributed by atoms with Crippen LogP contribution in [0.3, 0.4) is 0 Å². The van der Waals surface area contributed by atoms with Crippen LogP contribution in [0.2, 0.25) is 0 Å². The van der Waals surface area contributed by atoms with Crippen molar-refractivity contribution >= 4 is 124 Å². The van der Waals surface area contributed by atoms with E-state index in [0.717, 1.165) is 68.5 Å². The molecule has 11 aromatic carbocycles. The quantitative estimate of drug-likeness (QED) is 0.155.